The third-order valence-electron chi connectivity index (χ3n) is 1.29. The Morgan fingerprint density at radius 2 is 1.75 bits per heavy atom. The first-order valence-electron chi connectivity index (χ1n) is 3.73. The Morgan fingerprint density at radius 1 is 1.08 bits per heavy atom. The molecule has 0 spiro atoms. The molecule has 0 aromatic heterocycles. The van der Waals surface area contributed by atoms with Crippen molar-refractivity contribution in [3.05, 3.63) is 36.8 Å². The highest BCUT2D eigenvalue weighted by atomic mass is 32.2. The van der Waals surface area contributed by atoms with E-state index in [-0.39, 0.29) is 5.75 Å². The monoisotopic (exact) mass is 186 g/mol. The lowest BCUT2D eigenvalue weighted by Crippen LogP contribution is -1.97. The number of allylic oxidation sites excluding steroid dienone is 2. The van der Waals surface area contributed by atoms with Gasteiger partial charge in [-0.2, -0.15) is 0 Å². The molecule has 0 rings (SSSR count). The van der Waals surface area contributed by atoms with Crippen molar-refractivity contribution in [1.82, 2.24) is 0 Å². The van der Waals surface area contributed by atoms with Crippen LogP contribution >= 0.6 is 0 Å². The van der Waals surface area contributed by atoms with Crippen molar-refractivity contribution in [3.63, 3.8) is 0 Å². The highest BCUT2D eigenvalue weighted by Crippen LogP contribution is 1.95. The Labute approximate surface area is 74.2 Å². The molecule has 0 amide bonds. The first-order valence-corrected chi connectivity index (χ1v) is 5.45. The summed E-state index contributed by atoms with van der Waals surface area (Å²) in [5.74, 6) is 0.0492. The van der Waals surface area contributed by atoms with Crippen LogP contribution in [0.15, 0.2) is 36.8 Å². The summed E-state index contributed by atoms with van der Waals surface area (Å²) in [5, 5.41) is 0.977. The predicted octanol–water partition coefficient (Wildman–Crippen LogP) is 2.07. The molecule has 68 valence electrons. The second-order valence-electron chi connectivity index (χ2n) is 2.33. The Morgan fingerprint density at radius 3 is 2.25 bits per heavy atom. The number of hydrogen-bond donors (Lipinski definition) is 0. The Kier molecular flexibility index (Phi) is 5.37. The molecule has 0 atom stereocenters. The standard InChI is InChI=1S/C9H14O2S/c1-3-5-6-7-8-9-12(10,11)4-2/h3-4,7-8H,1-2,5-6,9H2/b8-7+. The zero-order valence-corrected chi connectivity index (χ0v) is 7.89. The van der Waals surface area contributed by atoms with E-state index in [9.17, 15) is 8.42 Å². The fourth-order valence-electron chi connectivity index (χ4n) is 0.602. The Balaban J connectivity index is 3.75. The van der Waals surface area contributed by atoms with E-state index in [0.29, 0.717) is 0 Å². The summed E-state index contributed by atoms with van der Waals surface area (Å²) < 4.78 is 21.7. The highest BCUT2D eigenvalue weighted by Gasteiger charge is 1.98. The van der Waals surface area contributed by atoms with Crippen LogP contribution in [0.5, 0.6) is 0 Å². The van der Waals surface area contributed by atoms with Crippen LogP contribution in [-0.4, -0.2) is 14.2 Å². The van der Waals surface area contributed by atoms with E-state index >= 15 is 0 Å². The van der Waals surface area contributed by atoms with Crippen LogP contribution in [0.1, 0.15) is 12.8 Å². The van der Waals surface area contributed by atoms with E-state index in [0.717, 1.165) is 18.2 Å². The Bertz CT molecular complexity index is 260. The van der Waals surface area contributed by atoms with Crippen LogP contribution in [0.3, 0.4) is 0 Å². The van der Waals surface area contributed by atoms with Gasteiger partial charge in [-0.1, -0.05) is 24.8 Å². The van der Waals surface area contributed by atoms with Gasteiger partial charge in [0.1, 0.15) is 0 Å². The molecule has 12 heavy (non-hydrogen) atoms. The molecule has 0 aliphatic heterocycles. The van der Waals surface area contributed by atoms with E-state index < -0.39 is 9.84 Å². The average Bonchev–Trinajstić information content (AvgIpc) is 2.04. The highest BCUT2D eigenvalue weighted by molar-refractivity contribution is 7.94. The molecule has 0 aromatic rings. The maximum Gasteiger partial charge on any atom is 0.174 e. The van der Waals surface area contributed by atoms with Crippen molar-refractivity contribution < 1.29 is 8.42 Å². The molecular formula is C9H14O2S. The number of hydrogen-bond acceptors (Lipinski definition) is 2. The topological polar surface area (TPSA) is 34.1 Å². The second kappa shape index (κ2) is 5.77. The van der Waals surface area contributed by atoms with Gasteiger partial charge in [0.2, 0.25) is 0 Å². The van der Waals surface area contributed by atoms with Gasteiger partial charge >= 0.3 is 0 Å². The van der Waals surface area contributed by atoms with Crippen LogP contribution in [-0.2, 0) is 9.84 Å². The molecule has 0 fully saturated rings. The third kappa shape index (κ3) is 5.92. The molecule has 2 nitrogen and oxygen atoms in total. The van der Waals surface area contributed by atoms with Crippen molar-refractivity contribution in [1.29, 1.82) is 0 Å². The summed E-state index contributed by atoms with van der Waals surface area (Å²) in [5.41, 5.74) is 0. The van der Waals surface area contributed by atoms with Crippen LogP contribution < -0.4 is 0 Å². The van der Waals surface area contributed by atoms with Crippen LogP contribution in [0.2, 0.25) is 0 Å². The predicted molar refractivity (Wildman–Crippen MR) is 52.6 cm³/mol. The van der Waals surface area contributed by atoms with E-state index in [2.05, 4.69) is 13.2 Å². The fourth-order valence-corrected chi connectivity index (χ4v) is 1.14. The fraction of sp³-hybridized carbons (Fsp3) is 0.333. The first kappa shape index (κ1) is 11.2. The quantitative estimate of drug-likeness (QED) is 0.470. The number of unbranched alkanes of at least 4 members (excludes halogenated alkanes) is 1. The molecule has 0 bridgehead atoms. The molecule has 3 heteroatoms. The van der Waals surface area contributed by atoms with Gasteiger partial charge in [-0.3, -0.25) is 0 Å². The molecule has 0 aliphatic carbocycles. The molecule has 0 radical (unpaired) electrons. The summed E-state index contributed by atoms with van der Waals surface area (Å²) in [7, 11) is -3.06. The van der Waals surface area contributed by atoms with Gasteiger partial charge in [0, 0.05) is 5.41 Å². The maximum atomic E-state index is 10.8. The molecular weight excluding hydrogens is 172 g/mol. The van der Waals surface area contributed by atoms with Gasteiger partial charge in [0.05, 0.1) is 5.75 Å². The zero-order chi connectivity index (χ0) is 9.45. The van der Waals surface area contributed by atoms with Crippen molar-refractivity contribution >= 4 is 9.84 Å². The SMILES string of the molecule is C=CCC/C=C/CS(=O)(=O)C=C. The minimum absolute atomic E-state index is 0.0492. The van der Waals surface area contributed by atoms with E-state index in [1.54, 1.807) is 12.2 Å². The summed E-state index contributed by atoms with van der Waals surface area (Å²) in [6, 6.07) is 0. The van der Waals surface area contributed by atoms with Crippen LogP contribution in [0.4, 0.5) is 0 Å². The molecule has 0 saturated heterocycles. The van der Waals surface area contributed by atoms with Gasteiger partial charge < -0.3 is 0 Å². The van der Waals surface area contributed by atoms with Gasteiger partial charge in [0.15, 0.2) is 9.84 Å². The first-order chi connectivity index (χ1) is 5.62. The lowest BCUT2D eigenvalue weighted by Gasteiger charge is -1.90. The minimum Gasteiger partial charge on any atom is -0.224 e. The van der Waals surface area contributed by atoms with E-state index in [1.165, 1.54) is 0 Å². The van der Waals surface area contributed by atoms with Gasteiger partial charge in [0.25, 0.3) is 0 Å². The smallest absolute Gasteiger partial charge is 0.174 e. The lowest BCUT2D eigenvalue weighted by atomic mass is 10.3. The van der Waals surface area contributed by atoms with Crippen molar-refractivity contribution in [2.24, 2.45) is 0 Å². The largest absolute Gasteiger partial charge is 0.224 e. The lowest BCUT2D eigenvalue weighted by molar-refractivity contribution is 0.607. The average molecular weight is 186 g/mol. The third-order valence-corrected chi connectivity index (χ3v) is 2.45. The molecule has 0 heterocycles. The van der Waals surface area contributed by atoms with E-state index in [1.807, 2.05) is 6.08 Å². The van der Waals surface area contributed by atoms with Crippen LogP contribution in [0.25, 0.3) is 0 Å². The zero-order valence-electron chi connectivity index (χ0n) is 7.07. The second-order valence-corrected chi connectivity index (χ2v) is 4.33. The molecule has 0 aromatic carbocycles. The molecule has 0 unspecified atom stereocenters. The van der Waals surface area contributed by atoms with Crippen molar-refractivity contribution in [2.45, 2.75) is 12.8 Å². The van der Waals surface area contributed by atoms with Crippen LogP contribution in [0, 0.1) is 0 Å². The van der Waals surface area contributed by atoms with E-state index in [4.69, 9.17) is 0 Å². The molecule has 0 aliphatic rings. The minimum atomic E-state index is -3.06. The van der Waals surface area contributed by atoms with Gasteiger partial charge in [-0.25, -0.2) is 8.42 Å². The number of sulfone groups is 1. The maximum absolute atomic E-state index is 10.8. The van der Waals surface area contributed by atoms with Crippen molar-refractivity contribution in [2.75, 3.05) is 5.75 Å². The van der Waals surface area contributed by atoms with Gasteiger partial charge in [-0.15, -0.1) is 6.58 Å². The number of rotatable bonds is 6. The summed E-state index contributed by atoms with van der Waals surface area (Å²) in [6.45, 7) is 6.76. The molecule has 0 saturated carbocycles. The molecule has 0 N–H and O–H groups in total. The van der Waals surface area contributed by atoms with Gasteiger partial charge in [-0.05, 0) is 12.8 Å². The Hall–Kier alpha value is -0.830. The normalized spacial score (nSPS) is 11.7. The summed E-state index contributed by atoms with van der Waals surface area (Å²) in [4.78, 5) is 0. The summed E-state index contributed by atoms with van der Waals surface area (Å²) >= 11 is 0. The summed E-state index contributed by atoms with van der Waals surface area (Å²) in [6.07, 6.45) is 7.00. The van der Waals surface area contributed by atoms with Crippen molar-refractivity contribution in [3.8, 4) is 0 Å².